The van der Waals surface area contributed by atoms with Crippen molar-refractivity contribution in [2.45, 2.75) is 0 Å². The molecule has 0 aliphatic heterocycles. The van der Waals surface area contributed by atoms with Gasteiger partial charge in [0.1, 0.15) is 11.3 Å². The van der Waals surface area contributed by atoms with Crippen molar-refractivity contribution in [1.29, 1.82) is 0 Å². The average molecular weight is 302 g/mol. The highest BCUT2D eigenvalue weighted by Crippen LogP contribution is 2.28. The molecule has 0 spiro atoms. The minimum absolute atomic E-state index is 0.492. The summed E-state index contributed by atoms with van der Waals surface area (Å²) in [6.45, 7) is 0. The van der Waals surface area contributed by atoms with Crippen molar-refractivity contribution in [3.8, 4) is 23.0 Å². The van der Waals surface area contributed by atoms with E-state index in [9.17, 15) is 0 Å². The van der Waals surface area contributed by atoms with E-state index >= 15 is 0 Å². The van der Waals surface area contributed by atoms with E-state index < -0.39 is 0 Å². The minimum atomic E-state index is 0.492. The quantitative estimate of drug-likeness (QED) is 0.496. The monoisotopic (exact) mass is 302 g/mol. The van der Waals surface area contributed by atoms with Crippen LogP contribution in [0.5, 0.6) is 0 Å². The van der Waals surface area contributed by atoms with E-state index in [1.165, 1.54) is 0 Å². The number of rotatable bonds is 2. The maximum atomic E-state index is 5.92. The maximum absolute atomic E-state index is 5.92. The molecule has 0 bridgehead atoms. The van der Waals surface area contributed by atoms with Gasteiger partial charge in [0.2, 0.25) is 5.82 Å². The van der Waals surface area contributed by atoms with Crippen molar-refractivity contribution in [3.05, 3.63) is 61.0 Å². The van der Waals surface area contributed by atoms with Crippen LogP contribution in [0, 0.1) is 0 Å². The topological polar surface area (TPSA) is 69.4 Å². The van der Waals surface area contributed by atoms with Crippen LogP contribution < -0.4 is 0 Å². The number of furan rings is 2. The second-order valence-corrected chi connectivity index (χ2v) is 5.10. The average Bonchev–Trinajstić information content (AvgIpc) is 3.31. The zero-order valence-corrected chi connectivity index (χ0v) is 11.9. The highest BCUT2D eigenvalue weighted by Gasteiger charge is 2.15. The molecule has 0 aliphatic rings. The second-order valence-electron chi connectivity index (χ2n) is 5.10. The van der Waals surface area contributed by atoms with Gasteiger partial charge in [-0.25, -0.2) is 4.98 Å². The normalized spacial score (nSPS) is 11.5. The van der Waals surface area contributed by atoms with Crippen LogP contribution in [0.1, 0.15) is 0 Å². The SMILES string of the molecule is c1coc(-c2nc3nccc(-c4cc5ccccc5o4)n3n2)c1. The summed E-state index contributed by atoms with van der Waals surface area (Å²) >= 11 is 0. The van der Waals surface area contributed by atoms with Crippen LogP contribution in [-0.2, 0) is 0 Å². The molecule has 23 heavy (non-hydrogen) atoms. The Morgan fingerprint density at radius 2 is 1.91 bits per heavy atom. The molecule has 0 atom stereocenters. The van der Waals surface area contributed by atoms with Crippen molar-refractivity contribution in [1.82, 2.24) is 19.6 Å². The molecule has 0 saturated heterocycles. The third-order valence-corrected chi connectivity index (χ3v) is 3.66. The Labute approximate surface area is 130 Å². The van der Waals surface area contributed by atoms with E-state index in [1.807, 2.05) is 42.5 Å². The van der Waals surface area contributed by atoms with Crippen LogP contribution in [0.15, 0.2) is 69.8 Å². The summed E-state index contributed by atoms with van der Waals surface area (Å²) < 4.78 is 12.9. The molecule has 6 nitrogen and oxygen atoms in total. The van der Waals surface area contributed by atoms with Gasteiger partial charge in [-0.2, -0.15) is 9.50 Å². The van der Waals surface area contributed by atoms with E-state index in [-0.39, 0.29) is 0 Å². The van der Waals surface area contributed by atoms with Gasteiger partial charge in [-0.3, -0.25) is 0 Å². The van der Waals surface area contributed by atoms with Crippen LogP contribution in [0.4, 0.5) is 0 Å². The van der Waals surface area contributed by atoms with Crippen molar-refractivity contribution < 1.29 is 8.83 Å². The van der Waals surface area contributed by atoms with Gasteiger partial charge in [0.25, 0.3) is 5.78 Å². The van der Waals surface area contributed by atoms with Gasteiger partial charge in [0.05, 0.1) is 6.26 Å². The number of fused-ring (bicyclic) bond motifs is 2. The van der Waals surface area contributed by atoms with Crippen LogP contribution >= 0.6 is 0 Å². The summed E-state index contributed by atoms with van der Waals surface area (Å²) in [6, 6.07) is 15.3. The molecule has 0 saturated carbocycles. The first-order valence-corrected chi connectivity index (χ1v) is 7.13. The number of hydrogen-bond donors (Lipinski definition) is 0. The van der Waals surface area contributed by atoms with E-state index in [0.29, 0.717) is 17.4 Å². The number of nitrogens with zero attached hydrogens (tertiary/aromatic N) is 4. The Morgan fingerprint density at radius 1 is 0.957 bits per heavy atom. The molecular formula is C17H10N4O2. The summed E-state index contributed by atoms with van der Waals surface area (Å²) in [4.78, 5) is 8.66. The lowest BCUT2D eigenvalue weighted by Crippen LogP contribution is -1.94. The smallest absolute Gasteiger partial charge is 0.253 e. The summed E-state index contributed by atoms with van der Waals surface area (Å²) in [5.41, 5.74) is 1.62. The third kappa shape index (κ3) is 1.85. The molecule has 0 fully saturated rings. The largest absolute Gasteiger partial charge is 0.461 e. The zero-order chi connectivity index (χ0) is 15.2. The summed E-state index contributed by atoms with van der Waals surface area (Å²) in [7, 11) is 0. The number of hydrogen-bond acceptors (Lipinski definition) is 5. The Kier molecular flexibility index (Phi) is 2.40. The number of para-hydroxylation sites is 1. The predicted octanol–water partition coefficient (Wildman–Crippen LogP) is 3.80. The van der Waals surface area contributed by atoms with Crippen LogP contribution in [0.3, 0.4) is 0 Å². The molecular weight excluding hydrogens is 292 g/mol. The lowest BCUT2D eigenvalue weighted by atomic mass is 10.2. The highest BCUT2D eigenvalue weighted by atomic mass is 16.3. The predicted molar refractivity (Wildman–Crippen MR) is 83.7 cm³/mol. The summed E-state index contributed by atoms with van der Waals surface area (Å²) in [5, 5.41) is 5.53. The first-order valence-electron chi connectivity index (χ1n) is 7.13. The fourth-order valence-corrected chi connectivity index (χ4v) is 2.60. The van der Waals surface area contributed by atoms with Crippen molar-refractivity contribution in [2.75, 3.05) is 0 Å². The van der Waals surface area contributed by atoms with E-state index in [4.69, 9.17) is 8.83 Å². The Hall–Kier alpha value is -3.41. The second kappa shape index (κ2) is 4.54. The molecule has 0 N–H and O–H groups in total. The molecule has 0 radical (unpaired) electrons. The molecule has 0 amide bonds. The molecule has 4 heterocycles. The highest BCUT2D eigenvalue weighted by molar-refractivity contribution is 5.82. The number of aromatic nitrogens is 4. The Bertz CT molecular complexity index is 1090. The molecule has 5 aromatic rings. The molecule has 0 aliphatic carbocycles. The fraction of sp³-hybridized carbons (Fsp3) is 0. The van der Waals surface area contributed by atoms with E-state index in [2.05, 4.69) is 15.1 Å². The molecule has 110 valence electrons. The van der Waals surface area contributed by atoms with Crippen LogP contribution in [-0.4, -0.2) is 19.6 Å². The molecule has 1 aromatic carbocycles. The Morgan fingerprint density at radius 3 is 2.78 bits per heavy atom. The van der Waals surface area contributed by atoms with E-state index in [1.54, 1.807) is 23.0 Å². The number of benzene rings is 1. The van der Waals surface area contributed by atoms with Crippen LogP contribution in [0.2, 0.25) is 0 Å². The van der Waals surface area contributed by atoms with Gasteiger partial charge in [-0.05, 0) is 30.3 Å². The van der Waals surface area contributed by atoms with Gasteiger partial charge >= 0.3 is 0 Å². The van der Waals surface area contributed by atoms with Crippen molar-refractivity contribution in [2.24, 2.45) is 0 Å². The molecule has 6 heteroatoms. The maximum Gasteiger partial charge on any atom is 0.253 e. The van der Waals surface area contributed by atoms with Crippen LogP contribution in [0.25, 0.3) is 39.8 Å². The van der Waals surface area contributed by atoms with Gasteiger partial charge in [-0.1, -0.05) is 18.2 Å². The van der Waals surface area contributed by atoms with Gasteiger partial charge < -0.3 is 8.83 Å². The Balaban J connectivity index is 1.74. The summed E-state index contributed by atoms with van der Waals surface area (Å²) in [5.74, 6) is 2.31. The van der Waals surface area contributed by atoms with Gasteiger partial charge in [-0.15, -0.1) is 5.10 Å². The zero-order valence-electron chi connectivity index (χ0n) is 11.9. The van der Waals surface area contributed by atoms with Crippen molar-refractivity contribution >= 4 is 16.7 Å². The standard InChI is InChI=1S/C17H10N4O2/c1-2-5-13-11(4-1)10-15(23-13)12-7-8-18-17-19-16(20-21(12)17)14-6-3-9-22-14/h1-10H. The van der Waals surface area contributed by atoms with Gasteiger partial charge in [0.15, 0.2) is 11.5 Å². The molecule has 4 aromatic heterocycles. The lowest BCUT2D eigenvalue weighted by Gasteiger charge is -1.98. The molecule has 0 unspecified atom stereocenters. The first-order chi connectivity index (χ1) is 11.4. The third-order valence-electron chi connectivity index (χ3n) is 3.66. The molecule has 5 rings (SSSR count). The van der Waals surface area contributed by atoms with Gasteiger partial charge in [0, 0.05) is 11.6 Å². The fourth-order valence-electron chi connectivity index (χ4n) is 2.60. The summed E-state index contributed by atoms with van der Waals surface area (Å²) in [6.07, 6.45) is 3.28. The van der Waals surface area contributed by atoms with Crippen molar-refractivity contribution in [3.63, 3.8) is 0 Å². The van der Waals surface area contributed by atoms with E-state index in [0.717, 1.165) is 22.4 Å². The lowest BCUT2D eigenvalue weighted by molar-refractivity contribution is 0.577. The first kappa shape index (κ1) is 12.2. The minimum Gasteiger partial charge on any atom is -0.461 e.